The Morgan fingerprint density at radius 3 is 2.48 bits per heavy atom. The molecule has 0 radical (unpaired) electrons. The third-order valence-corrected chi connectivity index (χ3v) is 7.31. The number of aromatic nitrogens is 1. The van der Waals surface area contributed by atoms with Crippen LogP contribution >= 0.6 is 11.5 Å². The van der Waals surface area contributed by atoms with E-state index in [1.807, 2.05) is 13.0 Å². The lowest BCUT2D eigenvalue weighted by atomic mass is 9.97. The van der Waals surface area contributed by atoms with E-state index in [-0.39, 0.29) is 5.97 Å². The van der Waals surface area contributed by atoms with Crippen LogP contribution in [0, 0.1) is 13.8 Å². The van der Waals surface area contributed by atoms with Crippen LogP contribution in [0.25, 0.3) is 11.3 Å². The maximum absolute atomic E-state index is 11.7. The fourth-order valence-electron chi connectivity index (χ4n) is 4.09. The van der Waals surface area contributed by atoms with Crippen LogP contribution in [0.4, 0.5) is 0 Å². The lowest BCUT2D eigenvalue weighted by molar-refractivity contribution is -0.143. The standard InChI is InChI=1S/C28H35NO3S/c1-7-21-11-9-10-12-23(21)27-24(28(18(3)4)33-29-27)17-32-25-15-13-22(19(5)20(25)6)14-16-26(30)31-8-2/h9-13,15,18H,7-8,14,16-17H2,1-6H3. The van der Waals surface area contributed by atoms with Gasteiger partial charge in [-0.1, -0.05) is 51.1 Å². The molecular formula is C28H35NO3S. The number of ether oxygens (including phenoxy) is 2. The first-order valence-electron chi connectivity index (χ1n) is 11.8. The summed E-state index contributed by atoms with van der Waals surface area (Å²) in [5.74, 6) is 1.11. The van der Waals surface area contributed by atoms with E-state index in [1.54, 1.807) is 11.5 Å². The number of benzene rings is 2. The summed E-state index contributed by atoms with van der Waals surface area (Å²) in [5.41, 5.74) is 8.16. The van der Waals surface area contributed by atoms with Gasteiger partial charge in [0, 0.05) is 22.4 Å². The number of esters is 1. The molecular weight excluding hydrogens is 430 g/mol. The summed E-state index contributed by atoms with van der Waals surface area (Å²) in [4.78, 5) is 13.0. The summed E-state index contributed by atoms with van der Waals surface area (Å²) < 4.78 is 16.3. The average molecular weight is 466 g/mol. The molecule has 4 nitrogen and oxygen atoms in total. The van der Waals surface area contributed by atoms with Gasteiger partial charge in [-0.25, -0.2) is 0 Å². The van der Waals surface area contributed by atoms with Crippen molar-refractivity contribution in [3.63, 3.8) is 0 Å². The summed E-state index contributed by atoms with van der Waals surface area (Å²) >= 11 is 1.58. The second kappa shape index (κ2) is 11.5. The third-order valence-electron chi connectivity index (χ3n) is 6.12. The molecule has 1 heterocycles. The molecule has 3 aromatic rings. The Morgan fingerprint density at radius 2 is 1.79 bits per heavy atom. The number of nitrogens with zero attached hydrogens (tertiary/aromatic N) is 1. The van der Waals surface area contributed by atoms with E-state index in [2.05, 4.69) is 65.0 Å². The molecule has 33 heavy (non-hydrogen) atoms. The van der Waals surface area contributed by atoms with E-state index in [9.17, 15) is 4.79 Å². The minimum atomic E-state index is -0.152. The van der Waals surface area contributed by atoms with Gasteiger partial charge >= 0.3 is 5.97 Å². The van der Waals surface area contributed by atoms with E-state index in [1.165, 1.54) is 27.1 Å². The van der Waals surface area contributed by atoms with Crippen molar-refractivity contribution in [3.05, 3.63) is 69.1 Å². The maximum atomic E-state index is 11.7. The molecule has 0 spiro atoms. The molecule has 0 aliphatic carbocycles. The fourth-order valence-corrected chi connectivity index (χ4v) is 4.96. The molecule has 0 saturated carbocycles. The monoisotopic (exact) mass is 465 g/mol. The van der Waals surface area contributed by atoms with Crippen LogP contribution in [0.3, 0.4) is 0 Å². The third kappa shape index (κ3) is 5.83. The van der Waals surface area contributed by atoms with Gasteiger partial charge in [0.2, 0.25) is 0 Å². The Labute approximate surface area is 202 Å². The molecule has 176 valence electrons. The smallest absolute Gasteiger partial charge is 0.306 e. The number of carbonyl (C=O) groups excluding carboxylic acids is 1. The van der Waals surface area contributed by atoms with Crippen LogP contribution in [0.1, 0.15) is 72.7 Å². The number of aryl methyl sites for hydroxylation is 2. The van der Waals surface area contributed by atoms with Crippen molar-refractivity contribution in [3.8, 4) is 17.0 Å². The summed E-state index contributed by atoms with van der Waals surface area (Å²) in [6, 6.07) is 12.6. The largest absolute Gasteiger partial charge is 0.489 e. The van der Waals surface area contributed by atoms with E-state index >= 15 is 0 Å². The van der Waals surface area contributed by atoms with Gasteiger partial charge in [0.1, 0.15) is 12.4 Å². The topological polar surface area (TPSA) is 48.4 Å². The summed E-state index contributed by atoms with van der Waals surface area (Å²) in [6.07, 6.45) is 2.04. The lowest BCUT2D eigenvalue weighted by Gasteiger charge is -2.16. The van der Waals surface area contributed by atoms with Gasteiger partial charge in [0.25, 0.3) is 0 Å². The van der Waals surface area contributed by atoms with Gasteiger partial charge < -0.3 is 9.47 Å². The molecule has 5 heteroatoms. The first-order valence-corrected chi connectivity index (χ1v) is 12.6. The maximum Gasteiger partial charge on any atom is 0.306 e. The van der Waals surface area contributed by atoms with Crippen molar-refractivity contribution in [1.82, 2.24) is 4.37 Å². The first-order chi connectivity index (χ1) is 15.9. The number of rotatable bonds is 10. The Balaban J connectivity index is 1.84. The van der Waals surface area contributed by atoms with E-state index in [4.69, 9.17) is 13.8 Å². The SMILES string of the molecule is CCOC(=O)CCc1ccc(OCc2c(-c3ccccc3CC)nsc2C(C)C)c(C)c1C. The number of carbonyl (C=O) groups is 1. The zero-order valence-electron chi connectivity index (χ0n) is 20.7. The predicted molar refractivity (Wildman–Crippen MR) is 136 cm³/mol. The minimum absolute atomic E-state index is 0.152. The van der Waals surface area contributed by atoms with Gasteiger partial charge in [-0.15, -0.1) is 0 Å². The van der Waals surface area contributed by atoms with Crippen molar-refractivity contribution in [2.75, 3.05) is 6.61 Å². The van der Waals surface area contributed by atoms with Crippen LogP contribution in [0.5, 0.6) is 5.75 Å². The molecule has 1 aromatic heterocycles. The number of hydrogen-bond donors (Lipinski definition) is 0. The van der Waals surface area contributed by atoms with Gasteiger partial charge in [0.15, 0.2) is 0 Å². The molecule has 0 fully saturated rings. The summed E-state index contributed by atoms with van der Waals surface area (Å²) in [5, 5.41) is 0. The van der Waals surface area contributed by atoms with Crippen molar-refractivity contribution in [2.24, 2.45) is 0 Å². The zero-order chi connectivity index (χ0) is 24.0. The molecule has 3 rings (SSSR count). The van der Waals surface area contributed by atoms with Crippen LogP contribution < -0.4 is 4.74 Å². The van der Waals surface area contributed by atoms with Crippen molar-refractivity contribution in [2.45, 2.75) is 73.3 Å². The molecule has 0 aliphatic rings. The second-order valence-corrected chi connectivity index (χ2v) is 9.41. The Hall–Kier alpha value is -2.66. The molecule has 0 bridgehead atoms. The van der Waals surface area contributed by atoms with Crippen molar-refractivity contribution in [1.29, 1.82) is 0 Å². The molecule has 2 aromatic carbocycles. The summed E-state index contributed by atoms with van der Waals surface area (Å²) in [6.45, 7) is 13.5. The molecule has 0 aliphatic heterocycles. The Kier molecular flexibility index (Phi) is 8.67. The van der Waals surface area contributed by atoms with Gasteiger partial charge in [-0.3, -0.25) is 4.79 Å². The molecule has 0 unspecified atom stereocenters. The van der Waals surface area contributed by atoms with Gasteiger partial charge in [0.05, 0.1) is 12.3 Å². The fraction of sp³-hybridized carbons (Fsp3) is 0.429. The normalized spacial score (nSPS) is 11.1. The van der Waals surface area contributed by atoms with E-state index in [0.717, 1.165) is 29.0 Å². The zero-order valence-corrected chi connectivity index (χ0v) is 21.5. The quantitative estimate of drug-likeness (QED) is 0.297. The van der Waals surface area contributed by atoms with E-state index in [0.29, 0.717) is 32.0 Å². The van der Waals surface area contributed by atoms with Gasteiger partial charge in [-0.2, -0.15) is 4.37 Å². The highest BCUT2D eigenvalue weighted by atomic mass is 32.1. The first kappa shape index (κ1) is 25.0. The minimum Gasteiger partial charge on any atom is -0.489 e. The molecule has 0 atom stereocenters. The molecule has 0 saturated heterocycles. The molecule has 0 N–H and O–H groups in total. The molecule has 0 amide bonds. The van der Waals surface area contributed by atoms with Crippen molar-refractivity contribution < 1.29 is 14.3 Å². The number of hydrogen-bond acceptors (Lipinski definition) is 5. The van der Waals surface area contributed by atoms with Crippen molar-refractivity contribution >= 4 is 17.5 Å². The average Bonchev–Trinajstić information content (AvgIpc) is 3.23. The van der Waals surface area contributed by atoms with Crippen LogP contribution in [0.15, 0.2) is 36.4 Å². The lowest BCUT2D eigenvalue weighted by Crippen LogP contribution is -2.07. The van der Waals surface area contributed by atoms with Crippen LogP contribution in [-0.2, 0) is 29.0 Å². The van der Waals surface area contributed by atoms with Crippen LogP contribution in [-0.4, -0.2) is 16.9 Å². The van der Waals surface area contributed by atoms with E-state index < -0.39 is 0 Å². The van der Waals surface area contributed by atoms with Gasteiger partial charge in [-0.05, 0) is 79.4 Å². The highest BCUT2D eigenvalue weighted by Gasteiger charge is 2.20. The highest BCUT2D eigenvalue weighted by molar-refractivity contribution is 7.06. The van der Waals surface area contributed by atoms with Crippen LogP contribution in [0.2, 0.25) is 0 Å². The Morgan fingerprint density at radius 1 is 1.03 bits per heavy atom. The Bertz CT molecular complexity index is 1100. The predicted octanol–water partition coefficient (Wildman–Crippen LogP) is 7.19. The highest BCUT2D eigenvalue weighted by Crippen LogP contribution is 2.36. The second-order valence-electron chi connectivity index (χ2n) is 8.61. The summed E-state index contributed by atoms with van der Waals surface area (Å²) in [7, 11) is 0.